The molecule has 6 nitrogen and oxygen atoms in total. The Labute approximate surface area is 351 Å². The molecule has 6 heterocycles. The highest BCUT2D eigenvalue weighted by molar-refractivity contribution is 6.45. The first-order valence-electron chi connectivity index (χ1n) is 21.1. The Morgan fingerprint density at radius 3 is 1.63 bits per heavy atom. The third-order valence-corrected chi connectivity index (χ3v) is 13.9. The summed E-state index contributed by atoms with van der Waals surface area (Å²) in [5.41, 5.74) is 12.8. The normalized spacial score (nSPS) is 16.5. The van der Waals surface area contributed by atoms with Gasteiger partial charge in [-0.15, -0.1) is 0 Å². The van der Waals surface area contributed by atoms with Crippen LogP contribution in [0, 0.1) is 5.92 Å². The number of ether oxygens (including phenoxy) is 1. The van der Waals surface area contributed by atoms with Crippen molar-refractivity contribution in [3.63, 3.8) is 0 Å². The van der Waals surface area contributed by atoms with Gasteiger partial charge in [-0.05, 0) is 89.0 Å². The van der Waals surface area contributed by atoms with Crippen LogP contribution in [0.15, 0.2) is 179 Å². The summed E-state index contributed by atoms with van der Waals surface area (Å²) in [4.78, 5) is 27.5. The van der Waals surface area contributed by atoms with Crippen LogP contribution in [0.2, 0.25) is 0 Å². The standard InChI is InChI=1S/C56H30N2O4/c59-55-37-11-3-7-15-45(37)61-47-23-19-29(25-39(47)55)31-18-22-36-43(27-31)57-41-13-5-1-9-33(41)49-51-35-21-17-32(30-20-24-48-40(26-30)56(60)38-12-4-8-16-46(38)62-48)28-44(35)58-42-14-6-2-10-34(42)50(54(51)58)52(36)53(49)57/h1-28,37,45H. The van der Waals surface area contributed by atoms with Crippen LogP contribution in [0.25, 0.3) is 120 Å². The molecule has 0 N–H and O–H groups in total. The third kappa shape index (κ3) is 3.95. The van der Waals surface area contributed by atoms with Gasteiger partial charge in [0.05, 0.1) is 55.4 Å². The number of ketones is 1. The average molecular weight is 795 g/mol. The Kier molecular flexibility index (Phi) is 5.96. The number of carbonyl (C=O) groups is 1. The van der Waals surface area contributed by atoms with Crippen LogP contribution in [0.3, 0.4) is 0 Å². The van der Waals surface area contributed by atoms with Gasteiger partial charge in [0.25, 0.3) is 0 Å². The molecule has 6 heteroatoms. The van der Waals surface area contributed by atoms with Crippen molar-refractivity contribution in [3.8, 4) is 28.0 Å². The molecular weight excluding hydrogens is 765 g/mol. The summed E-state index contributed by atoms with van der Waals surface area (Å²) in [5.74, 6) is 0.421. The smallest absolute Gasteiger partial charge is 0.200 e. The lowest BCUT2D eigenvalue weighted by atomic mass is 9.85. The highest BCUT2D eigenvalue weighted by atomic mass is 16.5. The predicted octanol–water partition coefficient (Wildman–Crippen LogP) is 13.3. The number of hydrogen-bond donors (Lipinski definition) is 0. The molecule has 2 atom stereocenters. The minimum absolute atomic E-state index is 0.0243. The van der Waals surface area contributed by atoms with E-state index in [-0.39, 0.29) is 23.2 Å². The second-order valence-electron chi connectivity index (χ2n) is 17.0. The zero-order valence-electron chi connectivity index (χ0n) is 32.8. The zero-order valence-corrected chi connectivity index (χ0v) is 32.8. The van der Waals surface area contributed by atoms with Crippen LogP contribution in [0.5, 0.6) is 5.75 Å². The molecule has 13 aromatic rings. The van der Waals surface area contributed by atoms with Gasteiger partial charge in [0.1, 0.15) is 23.0 Å². The second-order valence-corrected chi connectivity index (χ2v) is 17.0. The molecule has 0 amide bonds. The fourth-order valence-corrected chi connectivity index (χ4v) is 11.2. The second kappa shape index (κ2) is 11.3. The molecule has 15 rings (SSSR count). The van der Waals surface area contributed by atoms with Gasteiger partial charge < -0.3 is 18.0 Å². The lowest BCUT2D eigenvalue weighted by Gasteiger charge is -2.30. The fourth-order valence-electron chi connectivity index (χ4n) is 11.2. The van der Waals surface area contributed by atoms with Gasteiger partial charge in [0, 0.05) is 43.1 Å². The van der Waals surface area contributed by atoms with Gasteiger partial charge in [0.15, 0.2) is 5.78 Å². The van der Waals surface area contributed by atoms with E-state index in [0.29, 0.717) is 33.3 Å². The lowest BCUT2D eigenvalue weighted by Crippen LogP contribution is -2.36. The summed E-state index contributed by atoms with van der Waals surface area (Å²) in [6.45, 7) is 0. The van der Waals surface area contributed by atoms with Gasteiger partial charge in [-0.2, -0.15) is 0 Å². The predicted molar refractivity (Wildman–Crippen MR) is 251 cm³/mol. The number of allylic oxidation sites excluding steroid dienone is 2. The molecule has 0 saturated carbocycles. The van der Waals surface area contributed by atoms with Crippen LogP contribution < -0.4 is 10.2 Å². The topological polar surface area (TPSA) is 65.3 Å². The maximum absolute atomic E-state index is 13.8. The van der Waals surface area contributed by atoms with E-state index in [9.17, 15) is 9.59 Å². The molecule has 2 unspecified atom stereocenters. The molecule has 2 aliphatic rings. The monoisotopic (exact) mass is 794 g/mol. The Balaban J connectivity index is 1.01. The number of nitrogens with zero attached hydrogens (tertiary/aromatic N) is 2. The van der Waals surface area contributed by atoms with Crippen LogP contribution >= 0.6 is 0 Å². The van der Waals surface area contributed by atoms with Crippen molar-refractivity contribution in [1.82, 2.24) is 8.80 Å². The molecule has 0 saturated heterocycles. The molecule has 8 aromatic carbocycles. The number of hydrogen-bond acceptors (Lipinski definition) is 4. The molecule has 0 fully saturated rings. The third-order valence-electron chi connectivity index (χ3n) is 13.9. The molecule has 1 aliphatic heterocycles. The average Bonchev–Trinajstić information content (AvgIpc) is 4.05. The van der Waals surface area contributed by atoms with Gasteiger partial charge in [-0.3, -0.25) is 9.59 Å². The zero-order chi connectivity index (χ0) is 40.5. The molecule has 1 aliphatic carbocycles. The van der Waals surface area contributed by atoms with Crippen molar-refractivity contribution >= 4 is 104 Å². The number of fused-ring (bicyclic) bond motifs is 18. The maximum Gasteiger partial charge on any atom is 0.200 e. The number of benzene rings is 8. The molecule has 288 valence electrons. The van der Waals surface area contributed by atoms with Gasteiger partial charge >= 0.3 is 0 Å². The first kappa shape index (κ1) is 32.6. The van der Waals surface area contributed by atoms with Gasteiger partial charge in [0.2, 0.25) is 5.43 Å². The Hall–Kier alpha value is -8.22. The Morgan fingerprint density at radius 1 is 0.435 bits per heavy atom. The van der Waals surface area contributed by atoms with Crippen LogP contribution in [-0.4, -0.2) is 20.7 Å². The van der Waals surface area contributed by atoms with Gasteiger partial charge in [-0.25, -0.2) is 0 Å². The van der Waals surface area contributed by atoms with Crippen LogP contribution in [0.4, 0.5) is 0 Å². The lowest BCUT2D eigenvalue weighted by molar-refractivity contribution is 0.0807. The quantitative estimate of drug-likeness (QED) is 0.164. The Bertz CT molecular complexity index is 4310. The number of para-hydroxylation sites is 3. The summed E-state index contributed by atoms with van der Waals surface area (Å²) in [6, 6.07) is 50.5. The van der Waals surface area contributed by atoms with E-state index in [1.165, 1.54) is 54.1 Å². The minimum atomic E-state index is -0.311. The molecule has 0 bridgehead atoms. The van der Waals surface area contributed by atoms with Crippen molar-refractivity contribution in [2.24, 2.45) is 5.92 Å². The fraction of sp³-hybridized carbons (Fsp3) is 0.0357. The SMILES string of the molecule is O=C1c2cc(-c3ccc4c5c6c7ccccc7n7c8cc(-c9ccc%10oc%11ccccc%11c(=O)c%10c9)ccc8c(c8c9ccccc9n(c4c3)c85)c67)ccc2OC2C=CC=CC12. The van der Waals surface area contributed by atoms with Crippen molar-refractivity contribution < 1.29 is 13.9 Å². The van der Waals surface area contributed by atoms with E-state index in [0.717, 1.165) is 44.3 Å². The summed E-state index contributed by atoms with van der Waals surface area (Å²) in [6.07, 6.45) is 7.52. The van der Waals surface area contributed by atoms with Crippen molar-refractivity contribution in [1.29, 1.82) is 0 Å². The van der Waals surface area contributed by atoms with E-state index in [1.807, 2.05) is 72.8 Å². The molecule has 0 radical (unpaired) electrons. The largest absolute Gasteiger partial charge is 0.484 e. The summed E-state index contributed by atoms with van der Waals surface area (Å²) < 4.78 is 17.4. The van der Waals surface area contributed by atoms with Crippen molar-refractivity contribution in [2.75, 3.05) is 0 Å². The van der Waals surface area contributed by atoms with E-state index in [4.69, 9.17) is 9.15 Å². The number of aromatic nitrogens is 2. The first-order valence-corrected chi connectivity index (χ1v) is 21.1. The summed E-state index contributed by atoms with van der Waals surface area (Å²) in [7, 11) is 0. The molecule has 62 heavy (non-hydrogen) atoms. The van der Waals surface area contributed by atoms with Crippen molar-refractivity contribution in [2.45, 2.75) is 6.10 Å². The van der Waals surface area contributed by atoms with Crippen LogP contribution in [-0.2, 0) is 0 Å². The highest BCUT2D eigenvalue weighted by Crippen LogP contribution is 2.52. The van der Waals surface area contributed by atoms with E-state index < -0.39 is 0 Å². The number of rotatable bonds is 2. The highest BCUT2D eigenvalue weighted by Gasteiger charge is 2.35. The molecule has 5 aromatic heterocycles. The van der Waals surface area contributed by atoms with E-state index in [2.05, 4.69) is 106 Å². The maximum atomic E-state index is 13.8. The number of carbonyl (C=O) groups excluding carboxylic acids is 1. The molecular formula is C56H30N2O4. The number of Topliss-reactive ketones (excluding diaryl/α,β-unsaturated/α-hetero) is 1. The minimum Gasteiger partial charge on any atom is -0.484 e. The first-order chi connectivity index (χ1) is 30.6. The molecule has 0 spiro atoms. The van der Waals surface area contributed by atoms with Crippen molar-refractivity contribution in [3.05, 3.63) is 186 Å². The summed E-state index contributed by atoms with van der Waals surface area (Å²) in [5, 5.41) is 10.9. The van der Waals surface area contributed by atoms with E-state index >= 15 is 0 Å². The van der Waals surface area contributed by atoms with Gasteiger partial charge in [-0.1, -0.05) is 103 Å². The van der Waals surface area contributed by atoms with E-state index in [1.54, 1.807) is 0 Å². The summed E-state index contributed by atoms with van der Waals surface area (Å²) >= 11 is 0. The van der Waals surface area contributed by atoms with Crippen LogP contribution in [0.1, 0.15) is 10.4 Å². The Morgan fingerprint density at radius 2 is 0.952 bits per heavy atom.